The van der Waals surface area contributed by atoms with Gasteiger partial charge in [-0.05, 0) is 37.1 Å². The Morgan fingerprint density at radius 2 is 1.61 bits per heavy atom. The van der Waals surface area contributed by atoms with Crippen molar-refractivity contribution in [3.05, 3.63) is 24.3 Å². The number of carbonyl (C=O) groups is 2. The van der Waals surface area contributed by atoms with Crippen molar-refractivity contribution in [3.63, 3.8) is 0 Å². The second kappa shape index (κ2) is 10.8. The summed E-state index contributed by atoms with van der Waals surface area (Å²) in [7, 11) is -3.54. The lowest BCUT2D eigenvalue weighted by Crippen LogP contribution is -2.45. The lowest BCUT2D eigenvalue weighted by Gasteiger charge is -2.34. The molecule has 0 atom stereocenters. The van der Waals surface area contributed by atoms with Crippen LogP contribution in [-0.4, -0.2) is 82.1 Å². The second-order valence-electron chi connectivity index (χ2n) is 9.32. The molecule has 33 heavy (non-hydrogen) atoms. The first kappa shape index (κ1) is 25.5. The number of piperidine rings is 1. The third kappa shape index (κ3) is 6.68. The average Bonchev–Trinajstić information content (AvgIpc) is 2.81. The molecule has 2 aliphatic heterocycles. The van der Waals surface area contributed by atoms with Gasteiger partial charge in [-0.15, -0.1) is 0 Å². The van der Waals surface area contributed by atoms with Crippen LogP contribution < -0.4 is 4.74 Å². The van der Waals surface area contributed by atoms with Gasteiger partial charge in [0.25, 0.3) is 0 Å². The quantitative estimate of drug-likeness (QED) is 0.432. The van der Waals surface area contributed by atoms with Gasteiger partial charge in [-0.3, -0.25) is 9.59 Å². The van der Waals surface area contributed by atoms with Crippen LogP contribution in [-0.2, 0) is 29.1 Å². The first-order chi connectivity index (χ1) is 15.6. The molecule has 0 aromatic heterocycles. The van der Waals surface area contributed by atoms with Crippen LogP contribution in [0.4, 0.5) is 0 Å². The summed E-state index contributed by atoms with van der Waals surface area (Å²) >= 11 is 0. The fraction of sp³-hybridized carbons (Fsp3) is 0.652. The SMILES string of the molecule is CC(C)(C)C(=O)N1CCC(C(=O)OCCOc2ccc(S(=O)(=O)N3CCOCC3)cc2)CC1. The Hall–Kier alpha value is -2.17. The van der Waals surface area contributed by atoms with Crippen molar-refractivity contribution < 1.29 is 32.2 Å². The molecular weight excluding hydrogens is 448 g/mol. The lowest BCUT2D eigenvalue weighted by atomic mass is 9.91. The van der Waals surface area contributed by atoms with Gasteiger partial charge in [0.05, 0.1) is 24.0 Å². The van der Waals surface area contributed by atoms with Gasteiger partial charge < -0.3 is 19.1 Å². The van der Waals surface area contributed by atoms with Crippen LogP contribution in [0.5, 0.6) is 5.75 Å². The maximum absolute atomic E-state index is 12.6. The topological polar surface area (TPSA) is 102 Å². The number of hydrogen-bond acceptors (Lipinski definition) is 7. The predicted molar refractivity (Wildman–Crippen MR) is 121 cm³/mol. The van der Waals surface area contributed by atoms with Gasteiger partial charge in [0.1, 0.15) is 19.0 Å². The van der Waals surface area contributed by atoms with E-state index in [-0.39, 0.29) is 35.9 Å². The molecule has 0 spiro atoms. The van der Waals surface area contributed by atoms with Gasteiger partial charge in [-0.2, -0.15) is 4.31 Å². The van der Waals surface area contributed by atoms with Crippen LogP contribution >= 0.6 is 0 Å². The Bertz CT molecular complexity index is 911. The Morgan fingerprint density at radius 3 is 2.18 bits per heavy atom. The minimum atomic E-state index is -3.54. The summed E-state index contributed by atoms with van der Waals surface area (Å²) in [5, 5.41) is 0. The zero-order valence-corrected chi connectivity index (χ0v) is 20.4. The Balaban J connectivity index is 1.39. The molecule has 0 N–H and O–H groups in total. The number of esters is 1. The smallest absolute Gasteiger partial charge is 0.309 e. The molecule has 1 amide bonds. The van der Waals surface area contributed by atoms with Crippen LogP contribution in [0.15, 0.2) is 29.2 Å². The minimum absolute atomic E-state index is 0.103. The van der Waals surface area contributed by atoms with Crippen molar-refractivity contribution in [2.24, 2.45) is 11.3 Å². The number of rotatable bonds is 7. The fourth-order valence-corrected chi connectivity index (χ4v) is 5.26. The number of morpholine rings is 1. The minimum Gasteiger partial charge on any atom is -0.490 e. The molecule has 0 saturated carbocycles. The third-order valence-electron chi connectivity index (χ3n) is 5.79. The maximum Gasteiger partial charge on any atom is 0.309 e. The highest BCUT2D eigenvalue weighted by molar-refractivity contribution is 7.89. The summed E-state index contributed by atoms with van der Waals surface area (Å²) in [6.45, 7) is 8.57. The molecule has 0 unspecified atom stereocenters. The Morgan fingerprint density at radius 1 is 1.00 bits per heavy atom. The molecule has 0 bridgehead atoms. The normalized spacial score (nSPS) is 18.7. The highest BCUT2D eigenvalue weighted by Crippen LogP contribution is 2.24. The summed E-state index contributed by atoms with van der Waals surface area (Å²) in [6, 6.07) is 6.21. The van der Waals surface area contributed by atoms with E-state index in [9.17, 15) is 18.0 Å². The van der Waals surface area contributed by atoms with Gasteiger partial charge in [0.15, 0.2) is 0 Å². The number of sulfonamides is 1. The van der Waals surface area contributed by atoms with Crippen LogP contribution in [0, 0.1) is 11.3 Å². The first-order valence-electron chi connectivity index (χ1n) is 11.4. The maximum atomic E-state index is 12.6. The van der Waals surface area contributed by atoms with Crippen LogP contribution in [0.25, 0.3) is 0 Å². The highest BCUT2D eigenvalue weighted by Gasteiger charge is 2.33. The van der Waals surface area contributed by atoms with E-state index in [1.54, 1.807) is 12.1 Å². The molecule has 2 fully saturated rings. The number of carbonyl (C=O) groups excluding carboxylic acids is 2. The van der Waals surface area contributed by atoms with E-state index >= 15 is 0 Å². The van der Waals surface area contributed by atoms with E-state index in [1.165, 1.54) is 16.4 Å². The third-order valence-corrected chi connectivity index (χ3v) is 7.70. The number of amides is 1. The van der Waals surface area contributed by atoms with Gasteiger partial charge in [-0.25, -0.2) is 8.42 Å². The number of nitrogens with zero attached hydrogens (tertiary/aromatic N) is 2. The predicted octanol–water partition coefficient (Wildman–Crippen LogP) is 1.91. The Labute approximate surface area is 196 Å². The largest absolute Gasteiger partial charge is 0.490 e. The summed E-state index contributed by atoms with van der Waals surface area (Å²) in [5.41, 5.74) is -0.421. The first-order valence-corrected chi connectivity index (χ1v) is 12.8. The summed E-state index contributed by atoms with van der Waals surface area (Å²) in [6.07, 6.45) is 1.20. The van der Waals surface area contributed by atoms with E-state index in [1.807, 2.05) is 25.7 Å². The molecule has 0 aliphatic carbocycles. The molecular formula is C23H34N2O7S. The Kier molecular flexibility index (Phi) is 8.36. The molecule has 1 aromatic rings. The van der Waals surface area contributed by atoms with Crippen molar-refractivity contribution in [2.75, 3.05) is 52.6 Å². The molecule has 1 aromatic carbocycles. The van der Waals surface area contributed by atoms with E-state index < -0.39 is 15.4 Å². The molecule has 0 radical (unpaired) electrons. The monoisotopic (exact) mass is 482 g/mol. The number of likely N-dealkylation sites (tertiary alicyclic amines) is 1. The molecule has 10 heteroatoms. The standard InChI is InChI=1S/C23H34N2O7S/c1-23(2,3)22(27)24-10-8-18(9-11-24)21(26)32-17-16-31-19-4-6-20(7-5-19)33(28,29)25-12-14-30-15-13-25/h4-7,18H,8-17H2,1-3H3. The summed E-state index contributed by atoms with van der Waals surface area (Å²) in [5.74, 6) is 0.125. The lowest BCUT2D eigenvalue weighted by molar-refractivity contribution is -0.153. The molecule has 2 heterocycles. The van der Waals surface area contributed by atoms with E-state index in [4.69, 9.17) is 14.2 Å². The van der Waals surface area contributed by atoms with E-state index in [0.717, 1.165) is 0 Å². The number of ether oxygens (including phenoxy) is 3. The van der Waals surface area contributed by atoms with Crippen molar-refractivity contribution in [1.82, 2.24) is 9.21 Å². The second-order valence-corrected chi connectivity index (χ2v) is 11.3. The van der Waals surface area contributed by atoms with Crippen molar-refractivity contribution in [3.8, 4) is 5.75 Å². The highest BCUT2D eigenvalue weighted by atomic mass is 32.2. The van der Waals surface area contributed by atoms with Crippen LogP contribution in [0.1, 0.15) is 33.6 Å². The van der Waals surface area contributed by atoms with E-state index in [0.29, 0.717) is 58.0 Å². The van der Waals surface area contributed by atoms with Crippen LogP contribution in [0.2, 0.25) is 0 Å². The van der Waals surface area contributed by atoms with Crippen LogP contribution in [0.3, 0.4) is 0 Å². The average molecular weight is 483 g/mol. The molecule has 184 valence electrons. The fourth-order valence-electron chi connectivity index (χ4n) is 3.86. The molecule has 9 nitrogen and oxygen atoms in total. The van der Waals surface area contributed by atoms with Gasteiger partial charge in [0.2, 0.25) is 15.9 Å². The number of benzene rings is 1. The zero-order valence-electron chi connectivity index (χ0n) is 19.6. The van der Waals surface area contributed by atoms with Gasteiger partial charge in [0, 0.05) is 31.6 Å². The van der Waals surface area contributed by atoms with Gasteiger partial charge >= 0.3 is 5.97 Å². The molecule has 2 saturated heterocycles. The van der Waals surface area contributed by atoms with E-state index in [2.05, 4.69) is 0 Å². The molecule has 3 rings (SSSR count). The number of hydrogen-bond donors (Lipinski definition) is 0. The summed E-state index contributed by atoms with van der Waals surface area (Å²) < 4.78 is 42.8. The summed E-state index contributed by atoms with van der Waals surface area (Å²) in [4.78, 5) is 26.7. The zero-order chi connectivity index (χ0) is 24.1. The van der Waals surface area contributed by atoms with Crippen molar-refractivity contribution in [2.45, 2.75) is 38.5 Å². The van der Waals surface area contributed by atoms with Gasteiger partial charge in [-0.1, -0.05) is 20.8 Å². The molecule has 2 aliphatic rings. The van der Waals surface area contributed by atoms with Crippen molar-refractivity contribution in [1.29, 1.82) is 0 Å². The van der Waals surface area contributed by atoms with Crippen molar-refractivity contribution >= 4 is 21.9 Å².